The summed E-state index contributed by atoms with van der Waals surface area (Å²) in [5.74, 6) is 0.552. The lowest BCUT2D eigenvalue weighted by Crippen LogP contribution is -2.45. The van der Waals surface area contributed by atoms with E-state index in [-0.39, 0.29) is 17.4 Å². The number of likely N-dealkylation sites (tertiary alicyclic amines) is 1. The minimum absolute atomic E-state index is 0.149. The molecule has 0 bridgehead atoms. The first-order valence-electron chi connectivity index (χ1n) is 9.00. The van der Waals surface area contributed by atoms with E-state index < -0.39 is 0 Å². The van der Waals surface area contributed by atoms with Gasteiger partial charge in [0.05, 0.1) is 19.3 Å². The van der Waals surface area contributed by atoms with Crippen LogP contribution in [0.5, 0.6) is 0 Å². The van der Waals surface area contributed by atoms with Crippen LogP contribution in [0.25, 0.3) is 0 Å². The average molecular weight is 331 g/mol. The van der Waals surface area contributed by atoms with Gasteiger partial charge < -0.3 is 15.0 Å². The number of carbonyl (C=O) groups is 1. The van der Waals surface area contributed by atoms with Crippen LogP contribution in [0.15, 0.2) is 24.5 Å². The Kier molecular flexibility index (Phi) is 5.21. The second-order valence-electron chi connectivity index (χ2n) is 7.86. The van der Waals surface area contributed by atoms with Crippen LogP contribution in [0.1, 0.15) is 45.2 Å². The van der Waals surface area contributed by atoms with Crippen LogP contribution in [0.4, 0.5) is 0 Å². The number of ether oxygens (including phenoxy) is 1. The summed E-state index contributed by atoms with van der Waals surface area (Å²) in [6.45, 7) is 9.75. The number of hydrogen-bond donors (Lipinski definition) is 1. The molecule has 1 amide bonds. The Bertz CT molecular complexity index is 561. The topological polar surface area (TPSA) is 54.5 Å². The number of aromatic nitrogens is 1. The highest BCUT2D eigenvalue weighted by Gasteiger charge is 2.40. The van der Waals surface area contributed by atoms with E-state index in [2.05, 4.69) is 31.1 Å². The van der Waals surface area contributed by atoms with Gasteiger partial charge in [0.25, 0.3) is 0 Å². The molecule has 3 rings (SSSR count). The molecule has 24 heavy (non-hydrogen) atoms. The van der Waals surface area contributed by atoms with Crippen molar-refractivity contribution >= 4 is 5.91 Å². The summed E-state index contributed by atoms with van der Waals surface area (Å²) in [7, 11) is 0. The van der Waals surface area contributed by atoms with Crippen LogP contribution in [0.3, 0.4) is 0 Å². The molecule has 0 saturated carbocycles. The predicted octanol–water partition coefficient (Wildman–Crippen LogP) is 2.40. The highest BCUT2D eigenvalue weighted by molar-refractivity contribution is 5.79. The zero-order chi connectivity index (χ0) is 17.2. The molecule has 1 unspecified atom stereocenters. The number of nitrogens with zero attached hydrogens (tertiary/aromatic N) is 2. The summed E-state index contributed by atoms with van der Waals surface area (Å²) in [6.07, 6.45) is 5.36. The lowest BCUT2D eigenvalue weighted by atomic mass is 9.84. The first-order valence-corrected chi connectivity index (χ1v) is 9.00. The largest absolute Gasteiger partial charge is 0.379 e. The second-order valence-corrected chi connectivity index (χ2v) is 7.86. The molecule has 132 valence electrons. The van der Waals surface area contributed by atoms with Crippen molar-refractivity contribution in [3.8, 4) is 0 Å². The van der Waals surface area contributed by atoms with Gasteiger partial charge in [-0.25, -0.2) is 0 Å². The van der Waals surface area contributed by atoms with Crippen LogP contribution in [0, 0.1) is 11.3 Å². The number of nitrogens with one attached hydrogen (secondary N) is 1. The van der Waals surface area contributed by atoms with E-state index in [4.69, 9.17) is 4.74 Å². The second kappa shape index (κ2) is 7.19. The summed E-state index contributed by atoms with van der Waals surface area (Å²) in [5.41, 5.74) is 1.41. The summed E-state index contributed by atoms with van der Waals surface area (Å²) in [5, 5.41) is 3.66. The maximum atomic E-state index is 12.4. The zero-order valence-corrected chi connectivity index (χ0v) is 15.0. The molecule has 0 aromatic carbocycles. The maximum absolute atomic E-state index is 12.4. The van der Waals surface area contributed by atoms with Crippen molar-refractivity contribution in [1.29, 1.82) is 0 Å². The standard InChI is InChI=1S/C19H29N3O2/c1-4-22-17(23)9-15(18(22)14-5-7-20-8-6-14)11-21-16-10-19(2,3)13-24-12-16/h5-8,15-16,18,21H,4,9-13H2,1-3H3/t15-,16?,18-/m1/s1. The minimum Gasteiger partial charge on any atom is -0.379 e. The molecular weight excluding hydrogens is 302 g/mol. The molecule has 5 heteroatoms. The molecule has 0 aliphatic carbocycles. The van der Waals surface area contributed by atoms with Crippen LogP contribution in [-0.2, 0) is 9.53 Å². The third-order valence-corrected chi connectivity index (χ3v) is 5.21. The van der Waals surface area contributed by atoms with Crippen LogP contribution in [0.2, 0.25) is 0 Å². The average Bonchev–Trinajstić information content (AvgIpc) is 2.88. The van der Waals surface area contributed by atoms with Gasteiger partial charge in [-0.2, -0.15) is 0 Å². The molecule has 3 heterocycles. The highest BCUT2D eigenvalue weighted by Crippen LogP contribution is 2.37. The summed E-state index contributed by atoms with van der Waals surface area (Å²) in [6, 6.07) is 4.59. The predicted molar refractivity (Wildman–Crippen MR) is 93.5 cm³/mol. The van der Waals surface area contributed by atoms with Crippen molar-refractivity contribution in [3.05, 3.63) is 30.1 Å². The number of carbonyl (C=O) groups excluding carboxylic acids is 1. The molecular formula is C19H29N3O2. The highest BCUT2D eigenvalue weighted by atomic mass is 16.5. The van der Waals surface area contributed by atoms with Crippen molar-refractivity contribution in [2.75, 3.05) is 26.3 Å². The Morgan fingerprint density at radius 3 is 2.79 bits per heavy atom. The van der Waals surface area contributed by atoms with Gasteiger partial charge in [-0.3, -0.25) is 9.78 Å². The van der Waals surface area contributed by atoms with E-state index in [0.717, 1.165) is 32.7 Å². The molecule has 2 fully saturated rings. The molecule has 1 aromatic heterocycles. The van der Waals surface area contributed by atoms with Gasteiger partial charge in [0.1, 0.15) is 0 Å². The Hall–Kier alpha value is -1.46. The molecule has 0 radical (unpaired) electrons. The Balaban J connectivity index is 1.68. The normalized spacial score (nSPS) is 29.9. The van der Waals surface area contributed by atoms with E-state index in [1.54, 1.807) is 0 Å². The smallest absolute Gasteiger partial charge is 0.223 e. The quantitative estimate of drug-likeness (QED) is 0.900. The van der Waals surface area contributed by atoms with Crippen molar-refractivity contribution in [2.45, 2.75) is 45.7 Å². The van der Waals surface area contributed by atoms with Gasteiger partial charge in [-0.1, -0.05) is 13.8 Å². The fourth-order valence-corrected chi connectivity index (χ4v) is 4.14. The maximum Gasteiger partial charge on any atom is 0.223 e. The Morgan fingerprint density at radius 2 is 2.12 bits per heavy atom. The SMILES string of the molecule is CCN1C(=O)C[C@H](CNC2COCC(C)(C)C2)[C@H]1c1ccncc1. The van der Waals surface area contributed by atoms with Gasteiger partial charge in [0.15, 0.2) is 0 Å². The fraction of sp³-hybridized carbons (Fsp3) is 0.684. The first kappa shape index (κ1) is 17.4. The molecule has 0 spiro atoms. The van der Waals surface area contributed by atoms with Crippen molar-refractivity contribution in [3.63, 3.8) is 0 Å². The number of hydrogen-bond acceptors (Lipinski definition) is 4. The lowest BCUT2D eigenvalue weighted by molar-refractivity contribution is -0.128. The summed E-state index contributed by atoms with van der Waals surface area (Å²) < 4.78 is 5.74. The molecule has 3 atom stereocenters. The van der Waals surface area contributed by atoms with E-state index >= 15 is 0 Å². The molecule has 2 aliphatic rings. The van der Waals surface area contributed by atoms with Crippen LogP contribution in [-0.4, -0.2) is 48.1 Å². The Morgan fingerprint density at radius 1 is 1.38 bits per heavy atom. The molecule has 5 nitrogen and oxygen atoms in total. The van der Waals surface area contributed by atoms with E-state index in [9.17, 15) is 4.79 Å². The van der Waals surface area contributed by atoms with Crippen LogP contribution >= 0.6 is 0 Å². The molecule has 2 saturated heterocycles. The lowest BCUT2D eigenvalue weighted by Gasteiger charge is -2.36. The first-order chi connectivity index (χ1) is 11.5. The van der Waals surface area contributed by atoms with Crippen molar-refractivity contribution < 1.29 is 9.53 Å². The van der Waals surface area contributed by atoms with Gasteiger partial charge in [0, 0.05) is 43.9 Å². The zero-order valence-electron chi connectivity index (χ0n) is 15.0. The van der Waals surface area contributed by atoms with E-state index in [0.29, 0.717) is 18.4 Å². The molecule has 1 N–H and O–H groups in total. The summed E-state index contributed by atoms with van der Waals surface area (Å²) in [4.78, 5) is 18.5. The number of amides is 1. The van der Waals surface area contributed by atoms with Gasteiger partial charge in [-0.15, -0.1) is 0 Å². The van der Waals surface area contributed by atoms with E-state index in [1.807, 2.05) is 29.4 Å². The molecule has 2 aliphatic heterocycles. The monoisotopic (exact) mass is 331 g/mol. The summed E-state index contributed by atoms with van der Waals surface area (Å²) >= 11 is 0. The number of pyridine rings is 1. The van der Waals surface area contributed by atoms with Gasteiger partial charge in [-0.05, 0) is 36.5 Å². The third-order valence-electron chi connectivity index (χ3n) is 5.21. The van der Waals surface area contributed by atoms with Crippen LogP contribution < -0.4 is 5.32 Å². The fourth-order valence-electron chi connectivity index (χ4n) is 4.14. The van der Waals surface area contributed by atoms with Crippen molar-refractivity contribution in [2.24, 2.45) is 11.3 Å². The van der Waals surface area contributed by atoms with Gasteiger partial charge >= 0.3 is 0 Å². The van der Waals surface area contributed by atoms with Crippen molar-refractivity contribution in [1.82, 2.24) is 15.2 Å². The third kappa shape index (κ3) is 3.78. The minimum atomic E-state index is 0.149. The van der Waals surface area contributed by atoms with E-state index in [1.165, 1.54) is 5.56 Å². The Labute approximate surface area is 144 Å². The number of rotatable bonds is 5. The molecule has 1 aromatic rings. The van der Waals surface area contributed by atoms with Gasteiger partial charge in [0.2, 0.25) is 5.91 Å².